The van der Waals surface area contributed by atoms with E-state index in [0.717, 1.165) is 11.3 Å². The lowest BCUT2D eigenvalue weighted by molar-refractivity contribution is 0.0828. The number of carbonyl (C=O) groups excluding carboxylic acids is 1. The van der Waals surface area contributed by atoms with Crippen LogP contribution in [0.1, 0.15) is 49.9 Å². The van der Waals surface area contributed by atoms with Crippen LogP contribution in [0, 0.1) is 5.41 Å². The molecule has 1 aliphatic rings. The molecule has 1 unspecified atom stereocenters. The van der Waals surface area contributed by atoms with Crippen LogP contribution in [0.4, 0.5) is 5.69 Å². The fourth-order valence-corrected chi connectivity index (χ4v) is 2.99. The van der Waals surface area contributed by atoms with Crippen LogP contribution >= 0.6 is 0 Å². The molecule has 0 radical (unpaired) electrons. The smallest absolute Gasteiger partial charge is 0.255 e. The minimum atomic E-state index is 0.0571. The van der Waals surface area contributed by atoms with Crippen LogP contribution in [-0.2, 0) is 0 Å². The molecule has 110 valence electrons. The molecule has 20 heavy (non-hydrogen) atoms. The monoisotopic (exact) mass is 274 g/mol. The molecule has 0 heterocycles. The lowest BCUT2D eigenvalue weighted by atomic mass is 9.73. The summed E-state index contributed by atoms with van der Waals surface area (Å²) in [5.41, 5.74) is 2.01. The SMILES string of the molecule is CN(C)C(=O)c1ccccc1NC1CCCCC1(C)C. The van der Waals surface area contributed by atoms with Gasteiger partial charge in [-0.15, -0.1) is 0 Å². The second-order valence-corrected chi connectivity index (χ2v) is 6.68. The van der Waals surface area contributed by atoms with E-state index >= 15 is 0 Å². The van der Waals surface area contributed by atoms with E-state index in [0.29, 0.717) is 6.04 Å². The molecule has 3 nitrogen and oxygen atoms in total. The number of carbonyl (C=O) groups is 1. The van der Waals surface area contributed by atoms with Gasteiger partial charge in [-0.3, -0.25) is 4.79 Å². The van der Waals surface area contributed by atoms with Crippen LogP contribution in [0.5, 0.6) is 0 Å². The normalized spacial score (nSPS) is 21.3. The first kappa shape index (κ1) is 14.9. The number of hydrogen-bond acceptors (Lipinski definition) is 2. The van der Waals surface area contributed by atoms with Gasteiger partial charge in [0.25, 0.3) is 5.91 Å². The number of nitrogens with one attached hydrogen (secondary N) is 1. The Hall–Kier alpha value is -1.51. The van der Waals surface area contributed by atoms with Crippen molar-refractivity contribution in [2.45, 2.75) is 45.6 Å². The first-order valence-corrected chi connectivity index (χ1v) is 7.49. The molecule has 1 aromatic rings. The van der Waals surface area contributed by atoms with Gasteiger partial charge in [-0.1, -0.05) is 38.8 Å². The van der Waals surface area contributed by atoms with Gasteiger partial charge in [0, 0.05) is 25.8 Å². The molecule has 1 atom stereocenters. The zero-order valence-electron chi connectivity index (χ0n) is 13.1. The highest BCUT2D eigenvalue weighted by Crippen LogP contribution is 2.37. The third-order valence-electron chi connectivity index (χ3n) is 4.40. The molecule has 1 aromatic carbocycles. The highest BCUT2D eigenvalue weighted by molar-refractivity contribution is 5.99. The van der Waals surface area contributed by atoms with Gasteiger partial charge in [0.2, 0.25) is 0 Å². The summed E-state index contributed by atoms with van der Waals surface area (Å²) in [7, 11) is 3.59. The van der Waals surface area contributed by atoms with Gasteiger partial charge in [0.05, 0.1) is 5.56 Å². The van der Waals surface area contributed by atoms with Gasteiger partial charge in [0.15, 0.2) is 0 Å². The van der Waals surface area contributed by atoms with Gasteiger partial charge in [-0.05, 0) is 30.4 Å². The van der Waals surface area contributed by atoms with E-state index in [1.165, 1.54) is 25.7 Å². The largest absolute Gasteiger partial charge is 0.381 e. The van der Waals surface area contributed by atoms with Crippen LogP contribution in [-0.4, -0.2) is 30.9 Å². The average Bonchev–Trinajstić information content (AvgIpc) is 2.41. The Labute approximate surface area is 122 Å². The first-order chi connectivity index (χ1) is 9.42. The Morgan fingerprint density at radius 3 is 2.60 bits per heavy atom. The molecule has 1 N–H and O–H groups in total. The Bertz CT molecular complexity index is 480. The third kappa shape index (κ3) is 3.14. The van der Waals surface area contributed by atoms with Crippen molar-refractivity contribution in [2.75, 3.05) is 19.4 Å². The standard InChI is InChI=1S/C17H26N2O/c1-17(2)12-8-7-11-15(17)18-14-10-6-5-9-13(14)16(20)19(3)4/h5-6,9-10,15,18H,7-8,11-12H2,1-4H3. The molecule has 0 aromatic heterocycles. The van der Waals surface area contributed by atoms with E-state index in [1.807, 2.05) is 24.3 Å². The summed E-state index contributed by atoms with van der Waals surface area (Å²) in [5.74, 6) is 0.0571. The molecule has 2 rings (SSSR count). The Kier molecular flexibility index (Phi) is 4.36. The summed E-state index contributed by atoms with van der Waals surface area (Å²) in [6.45, 7) is 4.64. The van der Waals surface area contributed by atoms with Crippen molar-refractivity contribution in [1.29, 1.82) is 0 Å². The number of para-hydroxylation sites is 1. The van der Waals surface area contributed by atoms with Gasteiger partial charge < -0.3 is 10.2 Å². The van der Waals surface area contributed by atoms with Crippen LogP contribution in [0.15, 0.2) is 24.3 Å². The molecule has 0 bridgehead atoms. The summed E-state index contributed by atoms with van der Waals surface area (Å²) in [6.07, 6.45) is 5.00. The molecule has 1 aliphatic carbocycles. The number of hydrogen-bond donors (Lipinski definition) is 1. The van der Waals surface area contributed by atoms with E-state index in [-0.39, 0.29) is 11.3 Å². The average molecular weight is 274 g/mol. The lowest BCUT2D eigenvalue weighted by Crippen LogP contribution is -2.39. The maximum Gasteiger partial charge on any atom is 0.255 e. The summed E-state index contributed by atoms with van der Waals surface area (Å²) in [4.78, 5) is 13.9. The number of rotatable bonds is 3. The third-order valence-corrected chi connectivity index (χ3v) is 4.40. The second kappa shape index (κ2) is 5.86. The Morgan fingerprint density at radius 2 is 1.95 bits per heavy atom. The van der Waals surface area contributed by atoms with Crippen LogP contribution in [0.3, 0.4) is 0 Å². The summed E-state index contributed by atoms with van der Waals surface area (Å²) in [5, 5.41) is 3.63. The fourth-order valence-electron chi connectivity index (χ4n) is 2.99. The predicted molar refractivity (Wildman–Crippen MR) is 84.1 cm³/mol. The topological polar surface area (TPSA) is 32.3 Å². The Balaban J connectivity index is 2.23. The van der Waals surface area contributed by atoms with Crippen LogP contribution in [0.2, 0.25) is 0 Å². The van der Waals surface area contributed by atoms with E-state index in [2.05, 4.69) is 19.2 Å². The molecule has 1 saturated carbocycles. The van der Waals surface area contributed by atoms with Crippen molar-refractivity contribution in [3.05, 3.63) is 29.8 Å². The maximum atomic E-state index is 12.3. The van der Waals surface area contributed by atoms with E-state index in [1.54, 1.807) is 19.0 Å². The van der Waals surface area contributed by atoms with E-state index < -0.39 is 0 Å². The minimum absolute atomic E-state index is 0.0571. The van der Waals surface area contributed by atoms with Gasteiger partial charge in [0.1, 0.15) is 0 Å². The zero-order valence-corrected chi connectivity index (χ0v) is 13.1. The summed E-state index contributed by atoms with van der Waals surface area (Å²) in [6, 6.07) is 8.27. The molecule has 1 amide bonds. The van der Waals surface area contributed by atoms with Crippen LogP contribution in [0.25, 0.3) is 0 Å². The lowest BCUT2D eigenvalue weighted by Gasteiger charge is -2.40. The van der Waals surface area contributed by atoms with Crippen molar-refractivity contribution in [3.8, 4) is 0 Å². The van der Waals surface area contributed by atoms with Crippen molar-refractivity contribution in [1.82, 2.24) is 4.90 Å². The second-order valence-electron chi connectivity index (χ2n) is 6.68. The van der Waals surface area contributed by atoms with Crippen molar-refractivity contribution < 1.29 is 4.79 Å². The number of benzene rings is 1. The fraction of sp³-hybridized carbons (Fsp3) is 0.588. The van der Waals surface area contributed by atoms with Gasteiger partial charge in [-0.25, -0.2) is 0 Å². The molecule has 0 saturated heterocycles. The van der Waals surface area contributed by atoms with E-state index in [9.17, 15) is 4.79 Å². The minimum Gasteiger partial charge on any atom is -0.381 e. The highest BCUT2D eigenvalue weighted by atomic mass is 16.2. The van der Waals surface area contributed by atoms with Gasteiger partial charge in [-0.2, -0.15) is 0 Å². The van der Waals surface area contributed by atoms with Crippen molar-refractivity contribution in [2.24, 2.45) is 5.41 Å². The maximum absolute atomic E-state index is 12.3. The zero-order chi connectivity index (χ0) is 14.8. The van der Waals surface area contributed by atoms with Crippen molar-refractivity contribution >= 4 is 11.6 Å². The predicted octanol–water partition coefficient (Wildman–Crippen LogP) is 3.77. The number of nitrogens with zero attached hydrogens (tertiary/aromatic N) is 1. The quantitative estimate of drug-likeness (QED) is 0.910. The van der Waals surface area contributed by atoms with E-state index in [4.69, 9.17) is 0 Å². The molecule has 3 heteroatoms. The first-order valence-electron chi connectivity index (χ1n) is 7.49. The highest BCUT2D eigenvalue weighted by Gasteiger charge is 2.32. The van der Waals surface area contributed by atoms with Gasteiger partial charge >= 0.3 is 0 Å². The van der Waals surface area contributed by atoms with Crippen molar-refractivity contribution in [3.63, 3.8) is 0 Å². The number of amides is 1. The summed E-state index contributed by atoms with van der Waals surface area (Å²) < 4.78 is 0. The molecule has 1 fully saturated rings. The molecular weight excluding hydrogens is 248 g/mol. The molecule has 0 spiro atoms. The molecule has 0 aliphatic heterocycles. The van der Waals surface area contributed by atoms with Crippen LogP contribution < -0.4 is 5.32 Å². The summed E-state index contributed by atoms with van der Waals surface area (Å²) >= 11 is 0. The molecular formula is C17H26N2O. The Morgan fingerprint density at radius 1 is 1.25 bits per heavy atom. The number of anilines is 1.